The van der Waals surface area contributed by atoms with E-state index in [0.717, 1.165) is 66.3 Å². The van der Waals surface area contributed by atoms with Crippen molar-refractivity contribution >= 4 is 17.1 Å². The SMILES string of the molecule is CCOc1cc(-c2ccc(N3CCC(CC(=O)Cc4nccn4C)(Cc4ccccn4)CC3)nc2)c2c(C#N)cnn2c1. The van der Waals surface area contributed by atoms with Gasteiger partial charge in [-0.15, -0.1) is 0 Å². The van der Waals surface area contributed by atoms with Gasteiger partial charge >= 0.3 is 0 Å². The second kappa shape index (κ2) is 12.1. The molecule has 43 heavy (non-hydrogen) atoms. The van der Waals surface area contributed by atoms with Crippen LogP contribution in [-0.2, 0) is 24.7 Å². The number of aromatic nitrogens is 6. The van der Waals surface area contributed by atoms with Gasteiger partial charge < -0.3 is 14.2 Å². The van der Waals surface area contributed by atoms with E-state index in [1.54, 1.807) is 23.1 Å². The third-order valence-corrected chi connectivity index (χ3v) is 8.36. The summed E-state index contributed by atoms with van der Waals surface area (Å²) in [5, 5.41) is 14.0. The first-order valence-electron chi connectivity index (χ1n) is 14.6. The van der Waals surface area contributed by atoms with Gasteiger partial charge in [-0.3, -0.25) is 9.78 Å². The van der Waals surface area contributed by atoms with Crippen molar-refractivity contribution in [3.63, 3.8) is 0 Å². The van der Waals surface area contributed by atoms with Gasteiger partial charge in [-0.2, -0.15) is 10.4 Å². The number of nitriles is 1. The summed E-state index contributed by atoms with van der Waals surface area (Å²) in [5.41, 5.74) is 3.80. The molecule has 0 unspecified atom stereocenters. The lowest BCUT2D eigenvalue weighted by Crippen LogP contribution is -2.43. The van der Waals surface area contributed by atoms with Crippen LogP contribution in [0.15, 0.2) is 73.6 Å². The molecule has 0 N–H and O–H groups in total. The van der Waals surface area contributed by atoms with Gasteiger partial charge in [0.1, 0.15) is 29.2 Å². The summed E-state index contributed by atoms with van der Waals surface area (Å²) >= 11 is 0. The van der Waals surface area contributed by atoms with E-state index in [0.29, 0.717) is 30.8 Å². The van der Waals surface area contributed by atoms with Crippen LogP contribution in [0.2, 0.25) is 0 Å². The van der Waals surface area contributed by atoms with Gasteiger partial charge in [0.2, 0.25) is 0 Å². The van der Waals surface area contributed by atoms with Crippen LogP contribution in [0.25, 0.3) is 16.6 Å². The molecule has 5 aromatic rings. The molecule has 0 aliphatic carbocycles. The maximum absolute atomic E-state index is 13.3. The second-order valence-corrected chi connectivity index (χ2v) is 11.2. The summed E-state index contributed by atoms with van der Waals surface area (Å²) in [4.78, 5) is 29.4. The Morgan fingerprint density at radius 1 is 1.09 bits per heavy atom. The van der Waals surface area contributed by atoms with E-state index < -0.39 is 0 Å². The molecule has 1 aliphatic heterocycles. The van der Waals surface area contributed by atoms with Crippen LogP contribution in [0.1, 0.15) is 43.3 Å². The zero-order chi connectivity index (χ0) is 29.8. The largest absolute Gasteiger partial charge is 0.492 e. The fourth-order valence-corrected chi connectivity index (χ4v) is 6.11. The van der Waals surface area contributed by atoms with Crippen molar-refractivity contribution in [1.82, 2.24) is 29.1 Å². The minimum absolute atomic E-state index is 0.173. The molecular formula is C33H34N8O2. The molecule has 0 spiro atoms. The number of carbonyl (C=O) groups is 1. The number of Topliss-reactive ketones (excluding diaryl/α,β-unsaturated/α-hetero) is 1. The fourth-order valence-electron chi connectivity index (χ4n) is 6.11. The van der Waals surface area contributed by atoms with Crippen molar-refractivity contribution in [3.05, 3.63) is 90.7 Å². The number of carbonyl (C=O) groups excluding carboxylic acids is 1. The van der Waals surface area contributed by atoms with E-state index >= 15 is 0 Å². The molecular weight excluding hydrogens is 540 g/mol. The second-order valence-electron chi connectivity index (χ2n) is 11.2. The Bertz CT molecular complexity index is 1760. The van der Waals surface area contributed by atoms with E-state index in [9.17, 15) is 10.1 Å². The molecule has 0 aromatic carbocycles. The topological polar surface area (TPSA) is 114 Å². The van der Waals surface area contributed by atoms with E-state index in [2.05, 4.69) is 26.0 Å². The number of ketones is 1. The predicted octanol–water partition coefficient (Wildman–Crippen LogP) is 4.83. The van der Waals surface area contributed by atoms with Gasteiger partial charge in [-0.25, -0.2) is 14.5 Å². The highest BCUT2D eigenvalue weighted by Crippen LogP contribution is 2.40. The monoisotopic (exact) mass is 574 g/mol. The van der Waals surface area contributed by atoms with Crippen molar-refractivity contribution in [1.29, 1.82) is 5.26 Å². The summed E-state index contributed by atoms with van der Waals surface area (Å²) in [6, 6.07) is 14.2. The number of nitrogens with zero attached hydrogens (tertiary/aromatic N) is 8. The van der Waals surface area contributed by atoms with Gasteiger partial charge in [-0.1, -0.05) is 6.07 Å². The summed E-state index contributed by atoms with van der Waals surface area (Å²) in [5.74, 6) is 2.57. The standard InChI is InChI=1S/C33H34N8O2/c1-3-43-28-17-29(32-25(20-34)22-38-41(32)23-28)24-7-8-30(37-21-24)40-13-9-33(10-14-40,18-26-6-4-5-11-35-26)19-27(42)16-31-36-12-15-39(31)2/h4-8,11-12,15,17,21-23H,3,9-10,13-14,16,18-19H2,1-2H3. The molecule has 5 aromatic heterocycles. The van der Waals surface area contributed by atoms with Crippen LogP contribution < -0.4 is 9.64 Å². The van der Waals surface area contributed by atoms with Crippen molar-refractivity contribution in [2.75, 3.05) is 24.6 Å². The minimum atomic E-state index is -0.173. The van der Waals surface area contributed by atoms with Crippen LogP contribution in [0, 0.1) is 16.7 Å². The summed E-state index contributed by atoms with van der Waals surface area (Å²) < 4.78 is 9.36. The smallest absolute Gasteiger partial charge is 0.140 e. The van der Waals surface area contributed by atoms with Gasteiger partial charge in [-0.05, 0) is 61.9 Å². The highest BCUT2D eigenvalue weighted by molar-refractivity contribution is 5.85. The molecule has 6 heterocycles. The number of piperidine rings is 1. The lowest BCUT2D eigenvalue weighted by molar-refractivity contribution is -0.121. The summed E-state index contributed by atoms with van der Waals surface area (Å²) in [6.07, 6.45) is 14.0. The normalized spacial score (nSPS) is 14.5. The zero-order valence-electron chi connectivity index (χ0n) is 24.5. The number of imidazole rings is 1. The molecule has 10 nitrogen and oxygen atoms in total. The van der Waals surface area contributed by atoms with Crippen LogP contribution >= 0.6 is 0 Å². The van der Waals surface area contributed by atoms with Crippen molar-refractivity contribution < 1.29 is 9.53 Å². The van der Waals surface area contributed by atoms with Gasteiger partial charge in [0, 0.05) is 68.2 Å². The molecule has 0 radical (unpaired) electrons. The Kier molecular flexibility index (Phi) is 7.88. The van der Waals surface area contributed by atoms with Crippen LogP contribution in [0.3, 0.4) is 0 Å². The van der Waals surface area contributed by atoms with Gasteiger partial charge in [0.25, 0.3) is 0 Å². The molecule has 10 heteroatoms. The Morgan fingerprint density at radius 3 is 2.63 bits per heavy atom. The maximum Gasteiger partial charge on any atom is 0.140 e. The number of anilines is 1. The first-order chi connectivity index (χ1) is 21.0. The van der Waals surface area contributed by atoms with Crippen LogP contribution in [0.4, 0.5) is 5.82 Å². The number of rotatable bonds is 10. The fraction of sp³-hybridized carbons (Fsp3) is 0.333. The van der Waals surface area contributed by atoms with E-state index in [1.807, 2.05) is 73.5 Å². The third kappa shape index (κ3) is 5.97. The summed E-state index contributed by atoms with van der Waals surface area (Å²) in [7, 11) is 1.92. The average molecular weight is 575 g/mol. The number of aryl methyl sites for hydroxylation is 1. The van der Waals surface area contributed by atoms with Gasteiger partial charge in [0.15, 0.2) is 0 Å². The zero-order valence-corrected chi connectivity index (χ0v) is 24.5. The summed E-state index contributed by atoms with van der Waals surface area (Å²) in [6.45, 7) is 4.05. The first kappa shape index (κ1) is 28.1. The average Bonchev–Trinajstić information content (AvgIpc) is 3.63. The Hall–Kier alpha value is -5.04. The van der Waals surface area contributed by atoms with E-state index in [4.69, 9.17) is 9.72 Å². The first-order valence-corrected chi connectivity index (χ1v) is 14.6. The molecule has 1 aliphatic rings. The molecule has 1 fully saturated rings. The number of pyridine rings is 3. The Balaban J connectivity index is 1.21. The molecule has 0 amide bonds. The Morgan fingerprint density at radius 2 is 1.95 bits per heavy atom. The molecule has 1 saturated heterocycles. The predicted molar refractivity (Wildman–Crippen MR) is 163 cm³/mol. The highest BCUT2D eigenvalue weighted by atomic mass is 16.5. The van der Waals surface area contributed by atoms with Crippen LogP contribution in [0.5, 0.6) is 5.75 Å². The van der Waals surface area contributed by atoms with E-state index in [-0.39, 0.29) is 11.2 Å². The van der Waals surface area contributed by atoms with Crippen LogP contribution in [-0.4, -0.2) is 54.6 Å². The molecule has 218 valence electrons. The lowest BCUT2D eigenvalue weighted by atomic mass is 9.71. The molecule has 0 bridgehead atoms. The van der Waals surface area contributed by atoms with Crippen molar-refractivity contribution in [2.45, 2.75) is 39.0 Å². The highest BCUT2D eigenvalue weighted by Gasteiger charge is 2.37. The quantitative estimate of drug-likeness (QED) is 0.233. The number of hydrogen-bond donors (Lipinski definition) is 0. The lowest BCUT2D eigenvalue weighted by Gasteiger charge is -2.42. The molecule has 0 saturated carbocycles. The third-order valence-electron chi connectivity index (χ3n) is 8.36. The minimum Gasteiger partial charge on any atom is -0.492 e. The number of hydrogen-bond acceptors (Lipinski definition) is 8. The Labute approximate surface area is 250 Å². The van der Waals surface area contributed by atoms with Gasteiger partial charge in [0.05, 0.1) is 36.5 Å². The number of fused-ring (bicyclic) bond motifs is 1. The maximum atomic E-state index is 13.3. The van der Waals surface area contributed by atoms with Crippen molar-refractivity contribution in [2.24, 2.45) is 12.5 Å². The van der Waals surface area contributed by atoms with E-state index in [1.165, 1.54) is 0 Å². The molecule has 0 atom stereocenters. The van der Waals surface area contributed by atoms with Crippen molar-refractivity contribution in [3.8, 4) is 22.9 Å². The number of ether oxygens (including phenoxy) is 1. The molecule has 6 rings (SSSR count).